The smallest absolute Gasteiger partial charge is 0.366 e. The van der Waals surface area contributed by atoms with Gasteiger partial charge in [-0.15, -0.1) is 0 Å². The second-order valence-electron chi connectivity index (χ2n) is 4.01. The number of halogens is 3. The molecule has 7 heteroatoms. The fraction of sp³-hybridized carbons (Fsp3) is 0.417. The molecule has 0 heterocycles. The first-order valence-electron chi connectivity index (χ1n) is 5.71. The third-order valence-electron chi connectivity index (χ3n) is 2.57. The second kappa shape index (κ2) is 6.53. The molecule has 0 unspecified atom stereocenters. The number of carbonyl (C=O) groups excluding carboxylic acids is 1. The van der Waals surface area contributed by atoms with Gasteiger partial charge in [-0.3, -0.25) is 4.79 Å². The molecule has 4 nitrogen and oxygen atoms in total. The van der Waals surface area contributed by atoms with Crippen LogP contribution in [0.2, 0.25) is 0 Å². The Kier molecular flexibility index (Phi) is 5.31. The number of nitrogens with one attached hydrogen (secondary N) is 2. The van der Waals surface area contributed by atoms with Gasteiger partial charge in [0.2, 0.25) is 5.91 Å². The van der Waals surface area contributed by atoms with Crippen molar-refractivity contribution in [2.24, 2.45) is 5.73 Å². The molecule has 0 saturated carbocycles. The van der Waals surface area contributed by atoms with Crippen molar-refractivity contribution in [1.82, 2.24) is 10.6 Å². The van der Waals surface area contributed by atoms with Gasteiger partial charge in [0.25, 0.3) is 0 Å². The van der Waals surface area contributed by atoms with Crippen LogP contribution in [-0.4, -0.2) is 26.0 Å². The van der Waals surface area contributed by atoms with Crippen LogP contribution in [0, 0.1) is 0 Å². The summed E-state index contributed by atoms with van der Waals surface area (Å²) >= 11 is 0. The topological polar surface area (TPSA) is 67.2 Å². The van der Waals surface area contributed by atoms with Crippen molar-refractivity contribution >= 4 is 5.91 Å². The molecule has 0 atom stereocenters. The lowest BCUT2D eigenvalue weighted by Gasteiger charge is -2.14. The average molecular weight is 275 g/mol. The second-order valence-corrected chi connectivity index (χ2v) is 4.01. The highest BCUT2D eigenvalue weighted by molar-refractivity contribution is 5.93. The van der Waals surface area contributed by atoms with Crippen molar-refractivity contribution in [3.8, 4) is 0 Å². The molecule has 1 aromatic rings. The van der Waals surface area contributed by atoms with Gasteiger partial charge in [-0.05, 0) is 24.7 Å². The van der Waals surface area contributed by atoms with E-state index in [1.807, 2.05) is 0 Å². The van der Waals surface area contributed by atoms with Gasteiger partial charge >= 0.3 is 6.18 Å². The molecule has 0 saturated heterocycles. The van der Waals surface area contributed by atoms with Gasteiger partial charge in [0.05, 0.1) is 5.56 Å². The number of primary amides is 1. The highest BCUT2D eigenvalue weighted by Crippen LogP contribution is 2.32. The molecule has 4 N–H and O–H groups in total. The van der Waals surface area contributed by atoms with Crippen LogP contribution in [0.1, 0.15) is 21.5 Å². The van der Waals surface area contributed by atoms with E-state index in [9.17, 15) is 18.0 Å². The highest BCUT2D eigenvalue weighted by Gasteiger charge is 2.33. The van der Waals surface area contributed by atoms with E-state index in [0.717, 1.165) is 6.07 Å². The molecule has 1 amide bonds. The summed E-state index contributed by atoms with van der Waals surface area (Å²) in [5.41, 5.74) is 4.10. The maximum Gasteiger partial charge on any atom is 0.416 e. The lowest BCUT2D eigenvalue weighted by molar-refractivity contribution is -0.138. The van der Waals surface area contributed by atoms with E-state index in [-0.39, 0.29) is 17.7 Å². The van der Waals surface area contributed by atoms with Crippen LogP contribution in [0.4, 0.5) is 13.2 Å². The van der Waals surface area contributed by atoms with Crippen molar-refractivity contribution in [2.45, 2.75) is 12.7 Å². The number of carbonyl (C=O) groups is 1. The summed E-state index contributed by atoms with van der Waals surface area (Å²) in [7, 11) is 1.75. The number of likely N-dealkylation sites (N-methyl/N-ethyl adjacent to an activating group) is 1. The minimum atomic E-state index is -4.51. The summed E-state index contributed by atoms with van der Waals surface area (Å²) in [4.78, 5) is 10.9. The zero-order chi connectivity index (χ0) is 14.5. The molecule has 19 heavy (non-hydrogen) atoms. The minimum absolute atomic E-state index is 0.0789. The third-order valence-corrected chi connectivity index (χ3v) is 2.57. The van der Waals surface area contributed by atoms with Crippen molar-refractivity contribution in [3.05, 3.63) is 34.9 Å². The van der Waals surface area contributed by atoms with Gasteiger partial charge in [-0.1, -0.05) is 6.07 Å². The molecule has 0 aliphatic carbocycles. The standard InChI is InChI=1S/C12H16F3N3O/c1-17-4-5-18-7-9-3-2-8(11(16)19)6-10(9)12(13,14)15/h2-3,6,17-18H,4-5,7H2,1H3,(H2,16,19). The first-order chi connectivity index (χ1) is 8.86. The van der Waals surface area contributed by atoms with Crippen molar-refractivity contribution in [3.63, 3.8) is 0 Å². The van der Waals surface area contributed by atoms with E-state index < -0.39 is 17.6 Å². The Hall–Kier alpha value is -1.60. The zero-order valence-corrected chi connectivity index (χ0v) is 10.5. The van der Waals surface area contributed by atoms with Gasteiger partial charge in [-0.2, -0.15) is 13.2 Å². The molecule has 0 fully saturated rings. The summed E-state index contributed by atoms with van der Waals surface area (Å²) in [5.74, 6) is -0.875. The number of nitrogens with two attached hydrogens (primary N) is 1. The van der Waals surface area contributed by atoms with Crippen LogP contribution in [0.15, 0.2) is 18.2 Å². The van der Waals surface area contributed by atoms with E-state index in [0.29, 0.717) is 13.1 Å². The van der Waals surface area contributed by atoms with Crippen molar-refractivity contribution in [1.29, 1.82) is 0 Å². The summed E-state index contributed by atoms with van der Waals surface area (Å²) in [6, 6.07) is 3.36. The maximum absolute atomic E-state index is 12.9. The first kappa shape index (κ1) is 15.5. The summed E-state index contributed by atoms with van der Waals surface area (Å²) in [5, 5.41) is 5.76. The van der Waals surface area contributed by atoms with E-state index in [2.05, 4.69) is 10.6 Å². The predicted octanol–water partition coefficient (Wildman–Crippen LogP) is 1.11. The fourth-order valence-corrected chi connectivity index (χ4v) is 1.58. The van der Waals surface area contributed by atoms with Crippen LogP contribution < -0.4 is 16.4 Å². The Morgan fingerprint density at radius 1 is 1.32 bits per heavy atom. The number of rotatable bonds is 6. The van der Waals surface area contributed by atoms with Gasteiger partial charge < -0.3 is 16.4 Å². The zero-order valence-electron chi connectivity index (χ0n) is 10.5. The number of hydrogen-bond acceptors (Lipinski definition) is 3. The molecule has 1 rings (SSSR count). The molecular formula is C12H16F3N3O. The van der Waals surface area contributed by atoms with Crippen LogP contribution in [0.3, 0.4) is 0 Å². The minimum Gasteiger partial charge on any atom is -0.366 e. The molecule has 0 aliphatic rings. The first-order valence-corrected chi connectivity index (χ1v) is 5.71. The summed E-state index contributed by atoms with van der Waals surface area (Å²) in [6.45, 7) is 1.28. The monoisotopic (exact) mass is 275 g/mol. The van der Waals surface area contributed by atoms with Crippen LogP contribution >= 0.6 is 0 Å². The lowest BCUT2D eigenvalue weighted by atomic mass is 10.0. The van der Waals surface area contributed by atoms with Crippen LogP contribution in [0.25, 0.3) is 0 Å². The Bertz CT molecular complexity index is 446. The van der Waals surface area contributed by atoms with Gasteiger partial charge in [0.15, 0.2) is 0 Å². The quantitative estimate of drug-likeness (QED) is 0.681. The average Bonchev–Trinajstić information content (AvgIpc) is 2.33. The number of hydrogen-bond donors (Lipinski definition) is 3. The van der Waals surface area contributed by atoms with E-state index in [1.54, 1.807) is 7.05 Å². The molecule has 0 bridgehead atoms. The molecule has 0 aliphatic heterocycles. The lowest BCUT2D eigenvalue weighted by Crippen LogP contribution is -2.26. The largest absolute Gasteiger partial charge is 0.416 e. The summed E-state index contributed by atoms with van der Waals surface area (Å²) in [6.07, 6.45) is -4.51. The molecular weight excluding hydrogens is 259 g/mol. The highest BCUT2D eigenvalue weighted by atomic mass is 19.4. The van der Waals surface area contributed by atoms with Gasteiger partial charge in [0.1, 0.15) is 0 Å². The SMILES string of the molecule is CNCCNCc1ccc(C(N)=O)cc1C(F)(F)F. The number of alkyl halides is 3. The number of benzene rings is 1. The third kappa shape index (κ3) is 4.53. The maximum atomic E-state index is 12.9. The normalized spacial score (nSPS) is 11.6. The predicted molar refractivity (Wildman–Crippen MR) is 65.6 cm³/mol. The molecule has 0 spiro atoms. The molecule has 0 aromatic heterocycles. The van der Waals surface area contributed by atoms with Gasteiger partial charge in [-0.25, -0.2) is 0 Å². The Labute approximate surface area is 109 Å². The fourth-order valence-electron chi connectivity index (χ4n) is 1.58. The number of amides is 1. The van der Waals surface area contributed by atoms with Gasteiger partial charge in [0, 0.05) is 25.2 Å². The summed E-state index contributed by atoms with van der Waals surface area (Å²) < 4.78 is 38.6. The molecule has 106 valence electrons. The Balaban J connectivity index is 2.93. The van der Waals surface area contributed by atoms with Crippen LogP contribution in [0.5, 0.6) is 0 Å². The van der Waals surface area contributed by atoms with Crippen molar-refractivity contribution < 1.29 is 18.0 Å². The Morgan fingerprint density at radius 2 is 2.00 bits per heavy atom. The molecule has 0 radical (unpaired) electrons. The van der Waals surface area contributed by atoms with Crippen molar-refractivity contribution in [2.75, 3.05) is 20.1 Å². The van der Waals surface area contributed by atoms with E-state index >= 15 is 0 Å². The van der Waals surface area contributed by atoms with E-state index in [4.69, 9.17) is 5.73 Å². The van der Waals surface area contributed by atoms with Crippen LogP contribution in [-0.2, 0) is 12.7 Å². The Morgan fingerprint density at radius 3 is 2.53 bits per heavy atom. The molecule has 1 aromatic carbocycles. The van der Waals surface area contributed by atoms with E-state index in [1.165, 1.54) is 12.1 Å².